The summed E-state index contributed by atoms with van der Waals surface area (Å²) in [6.07, 6.45) is 6.67. The van der Waals surface area contributed by atoms with Crippen molar-refractivity contribution in [3.05, 3.63) is 70.6 Å². The number of carbonyl (C=O) groups excluding carboxylic acids is 2. The first-order valence-corrected chi connectivity index (χ1v) is 14.8. The summed E-state index contributed by atoms with van der Waals surface area (Å²) in [6.45, 7) is 5.65. The van der Waals surface area contributed by atoms with E-state index in [1.807, 2.05) is 39.3 Å². The van der Waals surface area contributed by atoms with Gasteiger partial charge in [0.15, 0.2) is 0 Å². The number of hydrogen-bond acceptors (Lipinski definition) is 4. The third kappa shape index (κ3) is 4.70. The van der Waals surface area contributed by atoms with E-state index in [4.69, 9.17) is 0 Å². The van der Waals surface area contributed by atoms with Crippen molar-refractivity contribution < 1.29 is 9.59 Å². The fourth-order valence-electron chi connectivity index (χ4n) is 6.78. The maximum absolute atomic E-state index is 14.2. The summed E-state index contributed by atoms with van der Waals surface area (Å²) in [4.78, 5) is 35.9. The third-order valence-corrected chi connectivity index (χ3v) is 10.0. The van der Waals surface area contributed by atoms with E-state index in [1.165, 1.54) is 26.9 Å². The number of carbonyl (C=O) groups is 2. The van der Waals surface area contributed by atoms with Gasteiger partial charge in [-0.1, -0.05) is 74.7 Å². The normalized spacial score (nSPS) is 23.6. The van der Waals surface area contributed by atoms with E-state index in [9.17, 15) is 9.59 Å². The first kappa shape index (κ1) is 24.6. The molecule has 2 aromatic carbocycles. The molecule has 37 heavy (non-hydrogen) atoms. The van der Waals surface area contributed by atoms with Crippen molar-refractivity contribution in [1.82, 2.24) is 14.7 Å². The maximum atomic E-state index is 14.2. The second-order valence-electron chi connectivity index (χ2n) is 10.9. The van der Waals surface area contributed by atoms with Crippen LogP contribution in [-0.2, 0) is 29.1 Å². The SMILES string of the molecule is CCc1sc2ccccc2c1CN1CCN2C(=O)C(C3CCCCC3)N(Cc3ccccc3)C(=O)C2C1. The van der Waals surface area contributed by atoms with Gasteiger partial charge in [0, 0.05) is 42.3 Å². The first-order valence-electron chi connectivity index (χ1n) is 14.0. The molecule has 0 radical (unpaired) electrons. The second-order valence-corrected chi connectivity index (χ2v) is 12.1. The molecule has 1 aliphatic carbocycles. The van der Waals surface area contributed by atoms with Gasteiger partial charge in [0.2, 0.25) is 11.8 Å². The highest BCUT2D eigenvalue weighted by molar-refractivity contribution is 7.19. The Morgan fingerprint density at radius 2 is 1.62 bits per heavy atom. The van der Waals surface area contributed by atoms with Crippen molar-refractivity contribution in [1.29, 1.82) is 0 Å². The highest BCUT2D eigenvalue weighted by Gasteiger charge is 2.50. The summed E-state index contributed by atoms with van der Waals surface area (Å²) in [6, 6.07) is 18.1. The number of amides is 2. The Kier molecular flexibility index (Phi) is 7.04. The van der Waals surface area contributed by atoms with Gasteiger partial charge in [-0.3, -0.25) is 14.5 Å². The summed E-state index contributed by atoms with van der Waals surface area (Å²) >= 11 is 1.89. The average Bonchev–Trinajstić information content (AvgIpc) is 3.30. The number of rotatable bonds is 6. The predicted molar refractivity (Wildman–Crippen MR) is 149 cm³/mol. The maximum Gasteiger partial charge on any atom is 0.247 e. The second kappa shape index (κ2) is 10.6. The fourth-order valence-corrected chi connectivity index (χ4v) is 7.94. The Hall–Kier alpha value is -2.70. The molecule has 3 aromatic rings. The van der Waals surface area contributed by atoms with Crippen LogP contribution in [0.25, 0.3) is 10.1 Å². The van der Waals surface area contributed by atoms with Crippen molar-refractivity contribution >= 4 is 33.2 Å². The van der Waals surface area contributed by atoms with E-state index in [1.54, 1.807) is 0 Å². The van der Waals surface area contributed by atoms with E-state index in [-0.39, 0.29) is 29.8 Å². The van der Waals surface area contributed by atoms with E-state index in [0.29, 0.717) is 19.6 Å². The molecule has 6 heteroatoms. The average molecular weight is 516 g/mol. The molecule has 194 valence electrons. The molecule has 2 saturated heterocycles. The molecular formula is C31H37N3O2S. The molecule has 6 rings (SSSR count). The van der Waals surface area contributed by atoms with Gasteiger partial charge in [0.05, 0.1) is 0 Å². The van der Waals surface area contributed by atoms with E-state index < -0.39 is 0 Å². The number of aryl methyl sites for hydroxylation is 1. The van der Waals surface area contributed by atoms with Crippen LogP contribution in [-0.4, -0.2) is 58.2 Å². The van der Waals surface area contributed by atoms with Gasteiger partial charge in [-0.15, -0.1) is 11.3 Å². The quantitative estimate of drug-likeness (QED) is 0.437. The molecule has 5 nitrogen and oxygen atoms in total. The van der Waals surface area contributed by atoms with Crippen molar-refractivity contribution in [2.45, 2.75) is 70.6 Å². The van der Waals surface area contributed by atoms with Crippen LogP contribution in [0.15, 0.2) is 54.6 Å². The molecule has 2 unspecified atom stereocenters. The number of fused-ring (bicyclic) bond motifs is 2. The number of nitrogens with zero attached hydrogens (tertiary/aromatic N) is 3. The van der Waals surface area contributed by atoms with Crippen molar-refractivity contribution in [3.63, 3.8) is 0 Å². The Balaban J connectivity index is 1.27. The fraction of sp³-hybridized carbons (Fsp3) is 0.484. The largest absolute Gasteiger partial charge is 0.326 e. The highest BCUT2D eigenvalue weighted by Crippen LogP contribution is 2.36. The molecule has 2 aliphatic heterocycles. The zero-order valence-electron chi connectivity index (χ0n) is 21.8. The number of piperazine rings is 2. The Morgan fingerprint density at radius 1 is 0.865 bits per heavy atom. The summed E-state index contributed by atoms with van der Waals surface area (Å²) in [5.41, 5.74) is 2.50. The van der Waals surface area contributed by atoms with Crippen LogP contribution in [0.3, 0.4) is 0 Å². The molecule has 2 amide bonds. The van der Waals surface area contributed by atoms with Crippen LogP contribution in [0.5, 0.6) is 0 Å². The Bertz CT molecular complexity index is 1270. The van der Waals surface area contributed by atoms with Crippen LogP contribution in [0.2, 0.25) is 0 Å². The number of thiophene rings is 1. The highest BCUT2D eigenvalue weighted by atomic mass is 32.1. The molecule has 0 spiro atoms. The molecule has 0 N–H and O–H groups in total. The summed E-state index contributed by atoms with van der Waals surface area (Å²) < 4.78 is 1.33. The molecule has 1 aromatic heterocycles. The first-order chi connectivity index (χ1) is 18.1. The van der Waals surface area contributed by atoms with Crippen LogP contribution in [0, 0.1) is 5.92 Å². The zero-order valence-corrected chi connectivity index (χ0v) is 22.6. The number of benzene rings is 2. The minimum absolute atomic E-state index is 0.134. The Labute approximate surface area is 224 Å². The lowest BCUT2D eigenvalue weighted by atomic mass is 9.80. The van der Waals surface area contributed by atoms with Crippen LogP contribution < -0.4 is 0 Å². The standard InChI is InChI=1S/C31H37N3O2S/c1-2-27-25(24-15-9-10-16-28(24)37-27)20-32-17-18-33-26(21-32)30(35)34(19-22-11-5-3-6-12-22)29(31(33)36)23-13-7-4-8-14-23/h3,5-6,9-12,15-16,23,26,29H,2,4,7-8,13-14,17-21H2,1H3. The molecule has 2 atom stereocenters. The minimum atomic E-state index is -0.389. The molecule has 0 bridgehead atoms. The van der Waals surface area contributed by atoms with Crippen molar-refractivity contribution in [3.8, 4) is 0 Å². The molecule has 3 fully saturated rings. The third-order valence-electron chi connectivity index (χ3n) is 8.68. The number of hydrogen-bond donors (Lipinski definition) is 0. The lowest BCUT2D eigenvalue weighted by Gasteiger charge is -2.51. The van der Waals surface area contributed by atoms with Gasteiger partial charge in [-0.2, -0.15) is 0 Å². The predicted octanol–water partition coefficient (Wildman–Crippen LogP) is 5.47. The van der Waals surface area contributed by atoms with E-state index in [2.05, 4.69) is 48.2 Å². The van der Waals surface area contributed by atoms with E-state index in [0.717, 1.165) is 50.8 Å². The summed E-state index contributed by atoms with van der Waals surface area (Å²) in [5.74, 6) is 0.592. The van der Waals surface area contributed by atoms with Crippen molar-refractivity contribution in [2.75, 3.05) is 19.6 Å². The van der Waals surface area contributed by atoms with E-state index >= 15 is 0 Å². The van der Waals surface area contributed by atoms with Gasteiger partial charge >= 0.3 is 0 Å². The van der Waals surface area contributed by atoms with Crippen LogP contribution in [0.1, 0.15) is 55.0 Å². The summed E-state index contributed by atoms with van der Waals surface area (Å²) in [7, 11) is 0. The monoisotopic (exact) mass is 515 g/mol. The molecular weight excluding hydrogens is 478 g/mol. The van der Waals surface area contributed by atoms with Gasteiger partial charge in [-0.05, 0) is 47.8 Å². The van der Waals surface area contributed by atoms with Gasteiger partial charge < -0.3 is 9.80 Å². The lowest BCUT2D eigenvalue weighted by Crippen LogP contribution is -2.71. The van der Waals surface area contributed by atoms with Crippen LogP contribution >= 0.6 is 11.3 Å². The smallest absolute Gasteiger partial charge is 0.247 e. The van der Waals surface area contributed by atoms with Crippen molar-refractivity contribution in [2.24, 2.45) is 5.92 Å². The minimum Gasteiger partial charge on any atom is -0.326 e. The van der Waals surface area contributed by atoms with Crippen LogP contribution in [0.4, 0.5) is 0 Å². The molecule has 1 saturated carbocycles. The molecule has 3 heterocycles. The zero-order chi connectivity index (χ0) is 25.4. The summed E-state index contributed by atoms with van der Waals surface area (Å²) in [5, 5.41) is 1.33. The lowest BCUT2D eigenvalue weighted by molar-refractivity contribution is -0.169. The Morgan fingerprint density at radius 3 is 2.41 bits per heavy atom. The topological polar surface area (TPSA) is 43.9 Å². The molecule has 3 aliphatic rings. The van der Waals surface area contributed by atoms with Gasteiger partial charge in [0.1, 0.15) is 12.1 Å². The van der Waals surface area contributed by atoms with Gasteiger partial charge in [-0.25, -0.2) is 0 Å². The van der Waals surface area contributed by atoms with Gasteiger partial charge in [0.25, 0.3) is 0 Å².